The van der Waals surface area contributed by atoms with Crippen LogP contribution in [0.1, 0.15) is 18.9 Å². The summed E-state index contributed by atoms with van der Waals surface area (Å²) < 4.78 is 6.95. The number of imide groups is 1. The number of thiazole rings is 1. The van der Waals surface area contributed by atoms with E-state index in [1.807, 2.05) is 55.5 Å². The maximum absolute atomic E-state index is 13.4. The SMILES string of the molecule is CCOc1ccccc1N1CCN(C2CC(=O)N(c3ccc(-c4nc5ccc(C)cc5s4)cc3)C2=O)CC1. The number of nitrogens with zero attached hydrogens (tertiary/aromatic N) is 4. The summed E-state index contributed by atoms with van der Waals surface area (Å²) in [7, 11) is 0. The highest BCUT2D eigenvalue weighted by atomic mass is 32.1. The molecule has 194 valence electrons. The molecule has 0 saturated carbocycles. The molecule has 2 saturated heterocycles. The van der Waals surface area contributed by atoms with Crippen LogP contribution in [0.5, 0.6) is 5.75 Å². The Hall–Kier alpha value is -3.75. The number of hydrogen-bond donors (Lipinski definition) is 0. The van der Waals surface area contributed by atoms with Crippen LogP contribution in [-0.2, 0) is 9.59 Å². The Bertz CT molecular complexity index is 1490. The van der Waals surface area contributed by atoms with Crippen LogP contribution in [0.25, 0.3) is 20.8 Å². The van der Waals surface area contributed by atoms with Crippen molar-refractivity contribution in [1.82, 2.24) is 9.88 Å². The van der Waals surface area contributed by atoms with Crippen molar-refractivity contribution in [3.05, 3.63) is 72.3 Å². The van der Waals surface area contributed by atoms with Gasteiger partial charge >= 0.3 is 0 Å². The molecule has 3 heterocycles. The van der Waals surface area contributed by atoms with Crippen LogP contribution < -0.4 is 14.5 Å². The molecule has 1 aromatic heterocycles. The van der Waals surface area contributed by atoms with E-state index in [4.69, 9.17) is 9.72 Å². The fourth-order valence-electron chi connectivity index (χ4n) is 5.35. The van der Waals surface area contributed by atoms with Crippen molar-refractivity contribution in [1.29, 1.82) is 0 Å². The molecule has 1 unspecified atom stereocenters. The predicted molar refractivity (Wildman–Crippen MR) is 152 cm³/mol. The molecule has 2 aliphatic heterocycles. The smallest absolute Gasteiger partial charge is 0.251 e. The van der Waals surface area contributed by atoms with Gasteiger partial charge in [0.25, 0.3) is 5.91 Å². The largest absolute Gasteiger partial charge is 0.492 e. The van der Waals surface area contributed by atoms with E-state index in [2.05, 4.69) is 34.9 Å². The number of ether oxygens (including phenoxy) is 1. The minimum absolute atomic E-state index is 0.138. The number of anilines is 2. The summed E-state index contributed by atoms with van der Waals surface area (Å²) in [6.07, 6.45) is 0.216. The minimum Gasteiger partial charge on any atom is -0.492 e. The summed E-state index contributed by atoms with van der Waals surface area (Å²) in [4.78, 5) is 37.0. The molecule has 4 aromatic rings. The summed E-state index contributed by atoms with van der Waals surface area (Å²) in [6, 6.07) is 21.5. The number of piperazine rings is 1. The molecule has 38 heavy (non-hydrogen) atoms. The quantitative estimate of drug-likeness (QED) is 0.325. The average Bonchev–Trinajstić information content (AvgIpc) is 3.49. The van der Waals surface area contributed by atoms with E-state index in [1.165, 1.54) is 10.5 Å². The Morgan fingerprint density at radius 1 is 0.974 bits per heavy atom. The molecular weight excluding hydrogens is 496 g/mol. The second-order valence-corrected chi connectivity index (χ2v) is 10.8. The molecule has 2 amide bonds. The second-order valence-electron chi connectivity index (χ2n) is 9.75. The minimum atomic E-state index is -0.418. The van der Waals surface area contributed by atoms with E-state index >= 15 is 0 Å². The number of aryl methyl sites for hydroxylation is 1. The van der Waals surface area contributed by atoms with Crippen molar-refractivity contribution in [2.45, 2.75) is 26.3 Å². The average molecular weight is 527 g/mol. The molecule has 8 heteroatoms. The van der Waals surface area contributed by atoms with Gasteiger partial charge in [-0.15, -0.1) is 11.3 Å². The van der Waals surface area contributed by atoms with E-state index in [9.17, 15) is 9.59 Å². The number of hydrogen-bond acceptors (Lipinski definition) is 7. The summed E-state index contributed by atoms with van der Waals surface area (Å²) >= 11 is 1.65. The molecular formula is C30H30N4O3S. The Labute approximate surface area is 226 Å². The van der Waals surface area contributed by atoms with Gasteiger partial charge in [0.2, 0.25) is 5.91 Å². The highest BCUT2D eigenvalue weighted by Crippen LogP contribution is 2.34. The van der Waals surface area contributed by atoms with Gasteiger partial charge in [-0.1, -0.05) is 18.2 Å². The van der Waals surface area contributed by atoms with Crippen molar-refractivity contribution in [2.24, 2.45) is 0 Å². The maximum atomic E-state index is 13.4. The molecule has 1 atom stereocenters. The highest BCUT2D eigenvalue weighted by molar-refractivity contribution is 7.21. The first kappa shape index (κ1) is 24.6. The lowest BCUT2D eigenvalue weighted by molar-refractivity contribution is -0.123. The molecule has 2 fully saturated rings. The topological polar surface area (TPSA) is 66.0 Å². The van der Waals surface area contributed by atoms with Crippen LogP contribution in [0.4, 0.5) is 11.4 Å². The lowest BCUT2D eigenvalue weighted by Crippen LogP contribution is -2.52. The van der Waals surface area contributed by atoms with Gasteiger partial charge in [0.1, 0.15) is 10.8 Å². The van der Waals surface area contributed by atoms with Crippen LogP contribution in [0.3, 0.4) is 0 Å². The number of fused-ring (bicyclic) bond motifs is 1. The third kappa shape index (κ3) is 4.54. The van der Waals surface area contributed by atoms with Crippen molar-refractivity contribution in [3.63, 3.8) is 0 Å². The Kier molecular flexibility index (Phi) is 6.59. The molecule has 0 spiro atoms. The number of rotatable bonds is 6. The van der Waals surface area contributed by atoms with Gasteiger partial charge in [-0.25, -0.2) is 9.88 Å². The number of benzene rings is 3. The molecule has 3 aromatic carbocycles. The van der Waals surface area contributed by atoms with Crippen LogP contribution in [0.2, 0.25) is 0 Å². The van der Waals surface area contributed by atoms with Crippen molar-refractivity contribution in [3.8, 4) is 16.3 Å². The van der Waals surface area contributed by atoms with E-state index in [0.29, 0.717) is 25.4 Å². The predicted octanol–water partition coefficient (Wildman–Crippen LogP) is 5.12. The van der Waals surface area contributed by atoms with Crippen molar-refractivity contribution >= 4 is 44.7 Å². The molecule has 6 rings (SSSR count). The summed E-state index contributed by atoms with van der Waals surface area (Å²) in [6.45, 7) is 7.66. The Morgan fingerprint density at radius 3 is 2.50 bits per heavy atom. The van der Waals surface area contributed by atoms with Crippen LogP contribution in [-0.4, -0.2) is 60.5 Å². The van der Waals surface area contributed by atoms with Crippen molar-refractivity contribution in [2.75, 3.05) is 42.6 Å². The van der Waals surface area contributed by atoms with E-state index in [-0.39, 0.29) is 18.2 Å². The summed E-state index contributed by atoms with van der Waals surface area (Å²) in [5.41, 5.74) is 4.86. The third-order valence-electron chi connectivity index (χ3n) is 7.30. The third-order valence-corrected chi connectivity index (χ3v) is 8.37. The van der Waals surface area contributed by atoms with Crippen LogP contribution >= 0.6 is 11.3 Å². The fourth-order valence-corrected chi connectivity index (χ4v) is 6.42. The van der Waals surface area contributed by atoms with Gasteiger partial charge in [-0.05, 0) is 67.9 Å². The zero-order valence-electron chi connectivity index (χ0n) is 21.6. The molecule has 0 bridgehead atoms. The highest BCUT2D eigenvalue weighted by Gasteiger charge is 2.43. The molecule has 0 aliphatic carbocycles. The molecule has 7 nitrogen and oxygen atoms in total. The first-order valence-corrected chi connectivity index (χ1v) is 13.9. The number of para-hydroxylation sites is 2. The second kappa shape index (κ2) is 10.2. The number of amides is 2. The van der Waals surface area contributed by atoms with Gasteiger partial charge in [0.05, 0.1) is 40.7 Å². The Balaban J connectivity index is 1.14. The first-order valence-electron chi connectivity index (χ1n) is 13.1. The van der Waals surface area contributed by atoms with Crippen LogP contribution in [0.15, 0.2) is 66.7 Å². The number of carbonyl (C=O) groups is 2. The molecule has 2 aliphatic rings. The van der Waals surface area contributed by atoms with Gasteiger partial charge in [-0.2, -0.15) is 0 Å². The van der Waals surface area contributed by atoms with E-state index < -0.39 is 6.04 Å². The standard InChI is InChI=1S/C30H30N4O3S/c1-3-37-26-7-5-4-6-24(26)32-14-16-33(17-15-32)25-19-28(35)34(30(25)36)22-11-9-21(10-12-22)29-31-23-13-8-20(2)18-27(23)38-29/h4-13,18,25H,3,14-17,19H2,1-2H3. The molecule has 0 radical (unpaired) electrons. The molecule has 0 N–H and O–H groups in total. The first-order chi connectivity index (χ1) is 18.5. The van der Waals surface area contributed by atoms with E-state index in [0.717, 1.165) is 45.3 Å². The lowest BCUT2D eigenvalue weighted by Gasteiger charge is -2.38. The zero-order valence-corrected chi connectivity index (χ0v) is 22.4. The van der Waals surface area contributed by atoms with Gasteiger partial charge < -0.3 is 9.64 Å². The summed E-state index contributed by atoms with van der Waals surface area (Å²) in [5.74, 6) is 0.597. The lowest BCUT2D eigenvalue weighted by atomic mass is 10.1. The monoisotopic (exact) mass is 526 g/mol. The maximum Gasteiger partial charge on any atom is 0.251 e. The Morgan fingerprint density at radius 2 is 1.74 bits per heavy atom. The van der Waals surface area contributed by atoms with Crippen molar-refractivity contribution < 1.29 is 14.3 Å². The number of carbonyl (C=O) groups excluding carboxylic acids is 2. The van der Waals surface area contributed by atoms with Crippen LogP contribution in [0, 0.1) is 6.92 Å². The zero-order chi connectivity index (χ0) is 26.2. The van der Waals surface area contributed by atoms with Gasteiger partial charge in [-0.3, -0.25) is 14.5 Å². The summed E-state index contributed by atoms with van der Waals surface area (Å²) in [5, 5.41) is 0.929. The van der Waals surface area contributed by atoms with E-state index in [1.54, 1.807) is 11.3 Å². The number of aromatic nitrogens is 1. The fraction of sp³-hybridized carbons (Fsp3) is 0.300. The van der Waals surface area contributed by atoms with Gasteiger partial charge in [0.15, 0.2) is 0 Å². The normalized spacial score (nSPS) is 18.5. The van der Waals surface area contributed by atoms with Gasteiger partial charge in [0, 0.05) is 31.7 Å².